The van der Waals surface area contributed by atoms with Gasteiger partial charge in [-0.3, -0.25) is 0 Å². The van der Waals surface area contributed by atoms with Crippen molar-refractivity contribution in [2.45, 2.75) is 6.92 Å². The summed E-state index contributed by atoms with van der Waals surface area (Å²) in [6, 6.07) is 8.98. The second-order valence-corrected chi connectivity index (χ2v) is 7.62. The predicted molar refractivity (Wildman–Crippen MR) is 120 cm³/mol. The van der Waals surface area contributed by atoms with Gasteiger partial charge < -0.3 is 19.4 Å². The Morgan fingerprint density at radius 1 is 1.12 bits per heavy atom. The molecule has 9 nitrogen and oxygen atoms in total. The van der Waals surface area contributed by atoms with Crippen molar-refractivity contribution in [3.63, 3.8) is 0 Å². The highest BCUT2D eigenvalue weighted by Crippen LogP contribution is 2.33. The lowest BCUT2D eigenvalue weighted by atomic mass is 10.1. The molecule has 0 saturated carbocycles. The van der Waals surface area contributed by atoms with Crippen LogP contribution in [0.3, 0.4) is 0 Å². The molecular weight excluding hydrogens is 432 g/mol. The normalized spacial score (nSPS) is 11.2. The lowest BCUT2D eigenvalue weighted by Gasteiger charge is -2.11. The first-order valence-corrected chi connectivity index (χ1v) is 9.99. The molecule has 10 heteroatoms. The summed E-state index contributed by atoms with van der Waals surface area (Å²) in [6.07, 6.45) is 4.97. The lowest BCUT2D eigenvalue weighted by molar-refractivity contribution is 0.197. The Balaban J connectivity index is 1.51. The molecule has 5 rings (SSSR count). The minimum absolute atomic E-state index is 0.349. The van der Waals surface area contributed by atoms with Crippen molar-refractivity contribution in [3.8, 4) is 22.7 Å². The first-order chi connectivity index (χ1) is 15.4. The fourth-order valence-corrected chi connectivity index (χ4v) is 3.81. The number of rotatable bonds is 4. The molecule has 160 valence electrons. The number of nitrogens with one attached hydrogen (secondary N) is 1. The van der Waals surface area contributed by atoms with E-state index in [1.807, 2.05) is 36.7 Å². The third kappa shape index (κ3) is 3.28. The molecule has 0 bridgehead atoms. The average molecular weight is 449 g/mol. The van der Waals surface area contributed by atoms with Crippen LogP contribution in [0.5, 0.6) is 0 Å². The third-order valence-electron chi connectivity index (χ3n) is 5.31. The van der Waals surface area contributed by atoms with E-state index in [-0.39, 0.29) is 0 Å². The Kier molecular flexibility index (Phi) is 4.67. The molecule has 0 saturated heterocycles. The molecular formula is C22H17ClN6O3. The summed E-state index contributed by atoms with van der Waals surface area (Å²) in [4.78, 5) is 24.5. The Hall–Kier alpha value is -4.11. The molecule has 32 heavy (non-hydrogen) atoms. The van der Waals surface area contributed by atoms with Crippen LogP contribution in [-0.4, -0.2) is 35.3 Å². The van der Waals surface area contributed by atoms with Crippen molar-refractivity contribution < 1.29 is 14.3 Å². The summed E-state index contributed by atoms with van der Waals surface area (Å²) in [5.41, 5.74) is 3.36. The highest BCUT2D eigenvalue weighted by Gasteiger charge is 2.19. The van der Waals surface area contributed by atoms with Crippen molar-refractivity contribution in [2.24, 2.45) is 7.05 Å². The van der Waals surface area contributed by atoms with Gasteiger partial charge in [-0.2, -0.15) is 0 Å². The molecule has 5 aromatic rings. The van der Waals surface area contributed by atoms with E-state index in [1.54, 1.807) is 24.5 Å². The number of carbonyl (C=O) groups is 1. The summed E-state index contributed by atoms with van der Waals surface area (Å²) in [6.45, 7) is 1.93. The van der Waals surface area contributed by atoms with Crippen LogP contribution in [0.25, 0.3) is 33.6 Å². The lowest BCUT2D eigenvalue weighted by Crippen LogP contribution is -2.09. The van der Waals surface area contributed by atoms with E-state index in [1.165, 1.54) is 12.6 Å². The molecule has 1 aromatic carbocycles. The second kappa shape index (κ2) is 7.54. The van der Waals surface area contributed by atoms with Crippen LogP contribution in [0.2, 0.25) is 5.02 Å². The van der Waals surface area contributed by atoms with Crippen LogP contribution >= 0.6 is 11.6 Å². The number of imidazole rings is 1. The van der Waals surface area contributed by atoms with Crippen LogP contribution in [0.4, 0.5) is 16.3 Å². The van der Waals surface area contributed by atoms with Gasteiger partial charge in [-0.05, 0) is 25.1 Å². The standard InChI is InChI=1S/C22H17ClN6O3/c1-12-25-9-19(28(12)2)13-3-4-16(15(23)5-13)27-21-7-17-14(8-26-21)6-18(29(17)22(30)31)20-10-24-11-32-20/h3-11H,1-2H3,(H,26,27)(H,30,31). The summed E-state index contributed by atoms with van der Waals surface area (Å²) in [5.74, 6) is 1.71. The number of fused-ring (bicyclic) bond motifs is 1. The molecule has 2 N–H and O–H groups in total. The smallest absolute Gasteiger partial charge is 0.416 e. The van der Waals surface area contributed by atoms with Crippen molar-refractivity contribution >= 4 is 40.1 Å². The molecule has 0 amide bonds. The van der Waals surface area contributed by atoms with E-state index >= 15 is 0 Å². The van der Waals surface area contributed by atoms with Crippen LogP contribution in [-0.2, 0) is 7.05 Å². The number of aryl methyl sites for hydroxylation is 1. The zero-order chi connectivity index (χ0) is 22.4. The maximum absolute atomic E-state index is 11.9. The van der Waals surface area contributed by atoms with Gasteiger partial charge in [0.2, 0.25) is 0 Å². The predicted octanol–water partition coefficient (Wildman–Crippen LogP) is 5.32. The van der Waals surface area contributed by atoms with Gasteiger partial charge in [0, 0.05) is 30.3 Å². The highest BCUT2D eigenvalue weighted by molar-refractivity contribution is 6.33. The molecule has 0 unspecified atom stereocenters. The molecule has 0 fully saturated rings. The van der Waals surface area contributed by atoms with Gasteiger partial charge in [-0.1, -0.05) is 17.7 Å². The van der Waals surface area contributed by atoms with Crippen LogP contribution in [0, 0.1) is 6.92 Å². The van der Waals surface area contributed by atoms with Gasteiger partial charge >= 0.3 is 6.09 Å². The monoisotopic (exact) mass is 448 g/mol. The SMILES string of the molecule is Cc1ncc(-c2ccc(Nc3cc4c(cn3)cc(-c3cnco3)n4C(=O)O)c(Cl)c2)n1C. The third-order valence-corrected chi connectivity index (χ3v) is 5.62. The zero-order valence-corrected chi connectivity index (χ0v) is 17.8. The molecule has 4 aromatic heterocycles. The first-order valence-electron chi connectivity index (χ1n) is 9.61. The first kappa shape index (κ1) is 19.8. The van der Waals surface area contributed by atoms with E-state index in [4.69, 9.17) is 16.0 Å². The Morgan fingerprint density at radius 2 is 1.97 bits per heavy atom. The highest BCUT2D eigenvalue weighted by atomic mass is 35.5. The molecule has 0 aliphatic carbocycles. The number of carboxylic acid groups (broad SMARTS) is 1. The maximum Gasteiger partial charge on any atom is 0.416 e. The van der Waals surface area contributed by atoms with Crippen LogP contribution in [0.1, 0.15) is 5.82 Å². The summed E-state index contributed by atoms with van der Waals surface area (Å²) in [5, 5.41) is 14.1. The molecule has 0 atom stereocenters. The number of pyridine rings is 1. The van der Waals surface area contributed by atoms with Crippen molar-refractivity contribution in [3.05, 3.63) is 66.2 Å². The number of halogens is 1. The number of oxazole rings is 1. The van der Waals surface area contributed by atoms with Crippen molar-refractivity contribution in [1.29, 1.82) is 0 Å². The minimum atomic E-state index is -1.14. The Morgan fingerprint density at radius 3 is 2.62 bits per heavy atom. The number of hydrogen-bond donors (Lipinski definition) is 2. The minimum Gasteiger partial charge on any atom is -0.464 e. The van der Waals surface area contributed by atoms with E-state index in [0.29, 0.717) is 38.9 Å². The van der Waals surface area contributed by atoms with Crippen LogP contribution in [0.15, 0.2) is 59.7 Å². The second-order valence-electron chi connectivity index (χ2n) is 7.21. The Bertz CT molecular complexity index is 1470. The zero-order valence-electron chi connectivity index (χ0n) is 17.1. The fourth-order valence-electron chi connectivity index (χ4n) is 3.58. The average Bonchev–Trinajstić information content (AvgIpc) is 3.49. The number of nitrogens with zero attached hydrogens (tertiary/aromatic N) is 5. The number of aromatic nitrogens is 5. The van der Waals surface area contributed by atoms with E-state index < -0.39 is 6.09 Å². The summed E-state index contributed by atoms with van der Waals surface area (Å²) < 4.78 is 8.41. The molecule has 4 heterocycles. The van der Waals surface area contributed by atoms with Crippen LogP contribution < -0.4 is 5.32 Å². The topological polar surface area (TPSA) is 111 Å². The van der Waals surface area contributed by atoms with E-state index in [9.17, 15) is 9.90 Å². The van der Waals surface area contributed by atoms with E-state index in [0.717, 1.165) is 21.6 Å². The van der Waals surface area contributed by atoms with E-state index in [2.05, 4.69) is 20.3 Å². The van der Waals surface area contributed by atoms with Gasteiger partial charge in [0.25, 0.3) is 0 Å². The van der Waals surface area contributed by atoms with Gasteiger partial charge in [-0.25, -0.2) is 24.3 Å². The number of anilines is 2. The largest absolute Gasteiger partial charge is 0.464 e. The van der Waals surface area contributed by atoms with Gasteiger partial charge in [0.1, 0.15) is 11.6 Å². The summed E-state index contributed by atoms with van der Waals surface area (Å²) >= 11 is 6.52. The molecule has 0 spiro atoms. The maximum atomic E-state index is 11.9. The van der Waals surface area contributed by atoms with Crippen molar-refractivity contribution in [2.75, 3.05) is 5.32 Å². The molecule has 0 radical (unpaired) electrons. The van der Waals surface area contributed by atoms with Crippen molar-refractivity contribution in [1.82, 2.24) is 24.1 Å². The fraction of sp³-hybridized carbons (Fsp3) is 0.0909. The quantitative estimate of drug-likeness (QED) is 0.382. The van der Waals surface area contributed by atoms with Gasteiger partial charge in [0.05, 0.1) is 40.0 Å². The molecule has 0 aliphatic rings. The summed E-state index contributed by atoms with van der Waals surface area (Å²) in [7, 11) is 1.95. The molecule has 0 aliphatic heterocycles. The number of benzene rings is 1. The number of hydrogen-bond acceptors (Lipinski definition) is 6. The Labute approximate surface area is 186 Å². The van der Waals surface area contributed by atoms with Gasteiger partial charge in [-0.15, -0.1) is 0 Å². The van der Waals surface area contributed by atoms with Gasteiger partial charge in [0.15, 0.2) is 12.2 Å².